The van der Waals surface area contributed by atoms with Gasteiger partial charge in [0.15, 0.2) is 7.28 Å². The van der Waals surface area contributed by atoms with Gasteiger partial charge in [-0.15, -0.1) is 11.3 Å². The summed E-state index contributed by atoms with van der Waals surface area (Å²) in [5.74, 6) is 0. The predicted molar refractivity (Wildman–Crippen MR) is 302 cm³/mol. The molecular weight excluding hydrogens is 852 g/mol. The van der Waals surface area contributed by atoms with Crippen LogP contribution in [0.3, 0.4) is 0 Å². The summed E-state index contributed by atoms with van der Waals surface area (Å²) in [4.78, 5) is 2.72. The van der Waals surface area contributed by atoms with E-state index in [0.29, 0.717) is 0 Å². The lowest BCUT2D eigenvalue weighted by molar-refractivity contribution is 0.332. The van der Waals surface area contributed by atoms with Gasteiger partial charge < -0.3 is 10.2 Å². The highest BCUT2D eigenvalue weighted by Gasteiger charge is 2.41. The third-order valence-electron chi connectivity index (χ3n) is 16.7. The van der Waals surface area contributed by atoms with E-state index in [0.717, 1.165) is 25.8 Å². The van der Waals surface area contributed by atoms with E-state index in [1.54, 1.807) is 0 Å². The van der Waals surface area contributed by atoms with E-state index >= 15 is 0 Å². The van der Waals surface area contributed by atoms with Crippen LogP contribution in [0.5, 0.6) is 0 Å². The van der Waals surface area contributed by atoms with Crippen molar-refractivity contribution in [1.29, 1.82) is 0 Å². The highest BCUT2D eigenvalue weighted by Crippen LogP contribution is 2.54. The number of nitrogens with zero attached hydrogens (tertiary/aromatic N) is 1. The van der Waals surface area contributed by atoms with E-state index in [1.165, 1.54) is 128 Å². The van der Waals surface area contributed by atoms with Crippen LogP contribution in [0, 0.1) is 6.92 Å². The van der Waals surface area contributed by atoms with Crippen molar-refractivity contribution in [2.45, 2.75) is 110 Å². The largest absolute Gasteiger partial charge is 0.355 e. The molecule has 2 heterocycles. The van der Waals surface area contributed by atoms with Crippen LogP contribution in [-0.2, 0) is 21.7 Å². The van der Waals surface area contributed by atoms with Gasteiger partial charge in [-0.1, -0.05) is 170 Å². The molecule has 0 spiro atoms. The first-order valence-corrected chi connectivity index (χ1v) is 26.1. The van der Waals surface area contributed by atoms with Crippen molar-refractivity contribution >= 4 is 78.2 Å². The molecular formula is C65H63BN2S. The average Bonchev–Trinajstić information content (AvgIpc) is 3.73. The molecule has 0 unspecified atom stereocenters. The number of hydrogen-bond acceptors (Lipinski definition) is 3. The van der Waals surface area contributed by atoms with Gasteiger partial charge >= 0.3 is 0 Å². The van der Waals surface area contributed by atoms with Crippen LogP contribution in [0.15, 0.2) is 158 Å². The Hall–Kier alpha value is -6.36. The molecule has 3 aliphatic rings. The Morgan fingerprint density at radius 2 is 1.01 bits per heavy atom. The summed E-state index contributed by atoms with van der Waals surface area (Å²) in [5, 5.41) is 6.77. The highest BCUT2D eigenvalue weighted by atomic mass is 32.1. The Bertz CT molecular complexity index is 3500. The Balaban J connectivity index is 1.16. The molecule has 2 nitrogen and oxygen atoms in total. The number of rotatable bonds is 6. The number of hydrogen-bond donors (Lipinski definition) is 1. The van der Waals surface area contributed by atoms with Gasteiger partial charge in [0, 0.05) is 48.5 Å². The Labute approximate surface area is 414 Å². The maximum absolute atomic E-state index is 4.08. The quantitative estimate of drug-likeness (QED) is 0.167. The summed E-state index contributed by atoms with van der Waals surface area (Å²) in [6.07, 6.45) is 4.67. The third-order valence-corrected chi connectivity index (χ3v) is 17.9. The lowest BCUT2D eigenvalue weighted by Gasteiger charge is -2.44. The molecule has 0 radical (unpaired) electrons. The fraction of sp³-hybridized carbons (Fsp3) is 0.262. The number of thiophene rings is 1. The van der Waals surface area contributed by atoms with Gasteiger partial charge in [-0.05, 0) is 164 Å². The Morgan fingerprint density at radius 1 is 0.478 bits per heavy atom. The molecule has 0 bridgehead atoms. The Kier molecular flexibility index (Phi) is 10.1. The first-order chi connectivity index (χ1) is 33.1. The standard InChI is InChI=1S/C65H63BN2S/c1-40-34-49-52(65(8,9)33-30-62(49,2)3)39-55(40)68-56-35-44(42-20-14-11-15-21-42)26-29-53(56)66-60-48(37-58-59(61(60)68)46-22-16-17-23-57(46)69-58)47-36-50-51(64(6,7)32-31-63(50,4)5)38-54(47)67-45-27-24-43(25-28-45)41-18-12-10-13-19-41/h10-29,34-39,66-67H,30-33H2,1-9H3. The first-order valence-electron chi connectivity index (χ1n) is 25.3. The van der Waals surface area contributed by atoms with Crippen molar-refractivity contribution in [3.63, 3.8) is 0 Å². The molecule has 4 heteroatoms. The van der Waals surface area contributed by atoms with Crippen molar-refractivity contribution in [2.24, 2.45) is 0 Å². The van der Waals surface area contributed by atoms with Crippen molar-refractivity contribution < 1.29 is 0 Å². The fourth-order valence-electron chi connectivity index (χ4n) is 12.3. The van der Waals surface area contributed by atoms with Gasteiger partial charge in [-0.2, -0.15) is 0 Å². The monoisotopic (exact) mass is 914 g/mol. The lowest BCUT2D eigenvalue weighted by atomic mass is 9.57. The molecule has 9 aromatic rings. The normalized spacial score (nSPS) is 17.1. The molecule has 1 N–H and O–H groups in total. The third kappa shape index (κ3) is 7.27. The number of benzene rings is 8. The SMILES string of the molecule is Cc1cc2c(cc1N1c3cc(-c4ccccc4)ccc3Bc3c(-c4cc5c(cc4Nc4ccc(-c6ccccc6)cc4)C(C)(C)CCC5(C)C)cc4sc5ccccc5c4c31)C(C)(C)CCC2(C)C. The second kappa shape index (κ2) is 15.8. The molecule has 0 amide bonds. The maximum Gasteiger partial charge on any atom is 0.198 e. The van der Waals surface area contributed by atoms with Crippen LogP contribution in [-0.4, -0.2) is 7.28 Å². The van der Waals surface area contributed by atoms with Gasteiger partial charge in [-0.25, -0.2) is 0 Å². The zero-order chi connectivity index (χ0) is 47.6. The molecule has 0 fully saturated rings. The van der Waals surface area contributed by atoms with Crippen molar-refractivity contribution in [3.8, 4) is 33.4 Å². The van der Waals surface area contributed by atoms with E-state index in [9.17, 15) is 0 Å². The lowest BCUT2D eigenvalue weighted by Crippen LogP contribution is -2.42. The summed E-state index contributed by atoms with van der Waals surface area (Å²) in [6, 6.07) is 60.0. The average molecular weight is 915 g/mol. The minimum absolute atomic E-state index is 0.0323. The van der Waals surface area contributed by atoms with E-state index in [-0.39, 0.29) is 21.7 Å². The molecule has 0 atom stereocenters. The number of anilines is 5. The smallest absolute Gasteiger partial charge is 0.198 e. The van der Waals surface area contributed by atoms with E-state index in [2.05, 4.69) is 230 Å². The molecule has 0 saturated heterocycles. The minimum atomic E-state index is 0.0323. The van der Waals surface area contributed by atoms with Gasteiger partial charge in [0.2, 0.25) is 0 Å². The van der Waals surface area contributed by atoms with Gasteiger partial charge in [-0.3, -0.25) is 0 Å². The van der Waals surface area contributed by atoms with E-state index in [1.807, 2.05) is 11.3 Å². The summed E-state index contributed by atoms with van der Waals surface area (Å²) >= 11 is 1.94. The second-order valence-corrected chi connectivity index (χ2v) is 24.3. The molecule has 1 aliphatic heterocycles. The molecule has 342 valence electrons. The van der Waals surface area contributed by atoms with Gasteiger partial charge in [0.25, 0.3) is 0 Å². The van der Waals surface area contributed by atoms with Crippen LogP contribution >= 0.6 is 11.3 Å². The fourth-order valence-corrected chi connectivity index (χ4v) is 13.4. The highest BCUT2D eigenvalue weighted by molar-refractivity contribution is 7.26. The molecule has 0 saturated carbocycles. The number of aryl methyl sites for hydroxylation is 1. The van der Waals surface area contributed by atoms with Crippen LogP contribution in [0.1, 0.15) is 109 Å². The van der Waals surface area contributed by atoms with Gasteiger partial charge in [0.1, 0.15) is 0 Å². The molecule has 69 heavy (non-hydrogen) atoms. The van der Waals surface area contributed by atoms with Crippen molar-refractivity contribution in [3.05, 3.63) is 186 Å². The first kappa shape index (κ1) is 43.9. The molecule has 1 aromatic heterocycles. The van der Waals surface area contributed by atoms with Crippen molar-refractivity contribution in [1.82, 2.24) is 0 Å². The summed E-state index contributed by atoms with van der Waals surface area (Å²) in [5.41, 5.74) is 23.9. The summed E-state index contributed by atoms with van der Waals surface area (Å²) in [6.45, 7) is 22.1. The zero-order valence-electron chi connectivity index (χ0n) is 41.9. The second-order valence-electron chi connectivity index (χ2n) is 23.2. The minimum Gasteiger partial charge on any atom is -0.355 e. The summed E-state index contributed by atoms with van der Waals surface area (Å²) < 4.78 is 2.65. The Morgan fingerprint density at radius 3 is 1.67 bits per heavy atom. The zero-order valence-corrected chi connectivity index (χ0v) is 42.7. The van der Waals surface area contributed by atoms with Crippen molar-refractivity contribution in [2.75, 3.05) is 10.2 Å². The maximum atomic E-state index is 4.08. The molecule has 8 aromatic carbocycles. The van der Waals surface area contributed by atoms with Crippen LogP contribution in [0.2, 0.25) is 0 Å². The van der Waals surface area contributed by atoms with E-state index < -0.39 is 0 Å². The predicted octanol–water partition coefficient (Wildman–Crippen LogP) is 17.0. The molecule has 2 aliphatic carbocycles. The van der Waals surface area contributed by atoms with Crippen LogP contribution < -0.4 is 21.1 Å². The number of nitrogens with one attached hydrogen (secondary N) is 1. The topological polar surface area (TPSA) is 15.3 Å². The van der Waals surface area contributed by atoms with E-state index in [4.69, 9.17) is 0 Å². The number of fused-ring (bicyclic) bond motifs is 8. The molecule has 12 rings (SSSR count). The van der Waals surface area contributed by atoms with Crippen LogP contribution in [0.4, 0.5) is 28.4 Å². The summed E-state index contributed by atoms with van der Waals surface area (Å²) in [7, 11) is 0.825. The van der Waals surface area contributed by atoms with Gasteiger partial charge in [0.05, 0.1) is 5.69 Å². The van der Waals surface area contributed by atoms with Crippen LogP contribution in [0.25, 0.3) is 53.6 Å².